The van der Waals surface area contributed by atoms with Crippen LogP contribution in [0.3, 0.4) is 0 Å². The first-order valence-corrected chi connectivity index (χ1v) is 9.04. The first-order valence-electron chi connectivity index (χ1n) is 8.16. The first kappa shape index (κ1) is 17.4. The highest BCUT2D eigenvalue weighted by Crippen LogP contribution is 2.38. The van der Waals surface area contributed by atoms with E-state index in [1.807, 2.05) is 6.92 Å². The van der Waals surface area contributed by atoms with E-state index in [0.29, 0.717) is 11.4 Å². The molecule has 3 rings (SSSR count). The fourth-order valence-electron chi connectivity index (χ4n) is 3.55. The molecule has 1 aromatic rings. The zero-order chi connectivity index (χ0) is 18.2. The second-order valence-corrected chi connectivity index (χ2v) is 7.43. The van der Waals surface area contributed by atoms with Gasteiger partial charge in [-0.25, -0.2) is 4.79 Å². The Balaban J connectivity index is 1.71. The maximum atomic E-state index is 12.8. The van der Waals surface area contributed by atoms with Crippen LogP contribution in [-0.4, -0.2) is 40.7 Å². The van der Waals surface area contributed by atoms with Crippen LogP contribution in [0.15, 0.2) is 11.4 Å². The maximum Gasteiger partial charge on any atom is 0.325 e. The van der Waals surface area contributed by atoms with Gasteiger partial charge < -0.3 is 16.4 Å². The highest BCUT2D eigenvalue weighted by atomic mass is 32.1. The number of rotatable bonds is 4. The van der Waals surface area contributed by atoms with Crippen LogP contribution >= 0.6 is 11.3 Å². The van der Waals surface area contributed by atoms with Crippen molar-refractivity contribution in [2.75, 3.05) is 11.9 Å². The van der Waals surface area contributed by atoms with Gasteiger partial charge in [-0.3, -0.25) is 19.3 Å². The second-order valence-electron chi connectivity index (χ2n) is 6.52. The topological polar surface area (TPSA) is 122 Å². The molecule has 1 aromatic heterocycles. The molecule has 0 aromatic carbocycles. The molecule has 8 nitrogen and oxygen atoms in total. The van der Waals surface area contributed by atoms with Crippen molar-refractivity contribution in [3.05, 3.63) is 17.0 Å². The zero-order valence-corrected chi connectivity index (χ0v) is 14.6. The number of carbonyl (C=O) groups excluding carboxylic acids is 4. The van der Waals surface area contributed by atoms with Gasteiger partial charge in [0.05, 0.1) is 5.56 Å². The predicted molar refractivity (Wildman–Crippen MR) is 92.1 cm³/mol. The first-order chi connectivity index (χ1) is 11.8. The fraction of sp³-hybridized carbons (Fsp3) is 0.500. The molecule has 1 aliphatic heterocycles. The molecule has 1 aliphatic carbocycles. The Bertz CT molecular complexity index is 746. The van der Waals surface area contributed by atoms with E-state index in [2.05, 4.69) is 10.6 Å². The smallest absolute Gasteiger partial charge is 0.325 e. The third-order valence-corrected chi connectivity index (χ3v) is 5.82. The van der Waals surface area contributed by atoms with E-state index in [-0.39, 0.29) is 17.4 Å². The third-order valence-electron chi connectivity index (χ3n) is 4.99. The lowest BCUT2D eigenvalue weighted by Gasteiger charge is -2.36. The van der Waals surface area contributed by atoms with E-state index in [4.69, 9.17) is 5.73 Å². The molecule has 1 saturated carbocycles. The Kier molecular flexibility index (Phi) is 4.51. The molecule has 1 spiro atoms. The molecule has 0 radical (unpaired) electrons. The number of carbonyl (C=O) groups is 4. The summed E-state index contributed by atoms with van der Waals surface area (Å²) in [5, 5.41) is 7.28. The Morgan fingerprint density at radius 1 is 1.44 bits per heavy atom. The van der Waals surface area contributed by atoms with Crippen molar-refractivity contribution in [2.45, 2.75) is 38.1 Å². The largest absolute Gasteiger partial charge is 0.366 e. The van der Waals surface area contributed by atoms with E-state index < -0.39 is 29.9 Å². The van der Waals surface area contributed by atoms with Crippen molar-refractivity contribution in [3.8, 4) is 0 Å². The van der Waals surface area contributed by atoms with Gasteiger partial charge in [0.25, 0.3) is 11.8 Å². The normalized spacial score (nSPS) is 26.0. The minimum atomic E-state index is -0.892. The SMILES string of the molecule is C[C@H]1CCCC[C@@]12NC(=O)N(CC(=O)Nc1sccc1C(N)=O)C2=O. The van der Waals surface area contributed by atoms with Crippen molar-refractivity contribution in [1.82, 2.24) is 10.2 Å². The van der Waals surface area contributed by atoms with Gasteiger partial charge in [0.2, 0.25) is 5.91 Å². The molecule has 25 heavy (non-hydrogen) atoms. The number of primary amides is 1. The van der Waals surface area contributed by atoms with Crippen molar-refractivity contribution in [1.29, 1.82) is 0 Å². The summed E-state index contributed by atoms with van der Waals surface area (Å²) >= 11 is 1.15. The fourth-order valence-corrected chi connectivity index (χ4v) is 4.36. The van der Waals surface area contributed by atoms with Crippen LogP contribution in [0.2, 0.25) is 0 Å². The summed E-state index contributed by atoms with van der Waals surface area (Å²) in [7, 11) is 0. The summed E-state index contributed by atoms with van der Waals surface area (Å²) in [5.74, 6) is -1.51. The van der Waals surface area contributed by atoms with E-state index in [0.717, 1.165) is 35.5 Å². The van der Waals surface area contributed by atoms with Gasteiger partial charge >= 0.3 is 6.03 Å². The Labute approximate surface area is 148 Å². The van der Waals surface area contributed by atoms with Crippen molar-refractivity contribution in [3.63, 3.8) is 0 Å². The summed E-state index contributed by atoms with van der Waals surface area (Å²) in [4.78, 5) is 49.6. The lowest BCUT2D eigenvalue weighted by Crippen LogP contribution is -2.54. The Hall–Kier alpha value is -2.42. The third kappa shape index (κ3) is 2.99. The van der Waals surface area contributed by atoms with E-state index >= 15 is 0 Å². The molecule has 0 bridgehead atoms. The predicted octanol–water partition coefficient (Wildman–Crippen LogP) is 1.29. The van der Waals surface area contributed by atoms with Crippen LogP contribution in [0.5, 0.6) is 0 Å². The average Bonchev–Trinajstić information content (AvgIpc) is 3.10. The molecule has 2 fully saturated rings. The van der Waals surface area contributed by atoms with Crippen LogP contribution in [0.1, 0.15) is 43.0 Å². The molecule has 2 atom stereocenters. The molecular weight excluding hydrogens is 344 g/mol. The van der Waals surface area contributed by atoms with Gasteiger partial charge in [-0.05, 0) is 30.2 Å². The highest BCUT2D eigenvalue weighted by molar-refractivity contribution is 7.14. The van der Waals surface area contributed by atoms with E-state index in [9.17, 15) is 19.2 Å². The number of nitrogens with one attached hydrogen (secondary N) is 2. The minimum Gasteiger partial charge on any atom is -0.366 e. The number of amides is 5. The zero-order valence-electron chi connectivity index (χ0n) is 13.8. The van der Waals surface area contributed by atoms with Gasteiger partial charge in [0, 0.05) is 0 Å². The highest BCUT2D eigenvalue weighted by Gasteiger charge is 2.55. The van der Waals surface area contributed by atoms with Gasteiger partial charge in [-0.1, -0.05) is 19.8 Å². The number of hydrogen-bond donors (Lipinski definition) is 3. The quantitative estimate of drug-likeness (QED) is 0.697. The number of anilines is 1. The second kappa shape index (κ2) is 6.47. The van der Waals surface area contributed by atoms with Gasteiger partial charge in [-0.15, -0.1) is 11.3 Å². The molecule has 0 unspecified atom stereocenters. The van der Waals surface area contributed by atoms with Crippen LogP contribution in [0.25, 0.3) is 0 Å². The lowest BCUT2D eigenvalue weighted by molar-refractivity contribution is -0.136. The molecule has 9 heteroatoms. The molecule has 2 aliphatic rings. The summed E-state index contributed by atoms with van der Waals surface area (Å²) in [6, 6.07) is 0.963. The molecule has 4 N–H and O–H groups in total. The minimum absolute atomic E-state index is 0.0320. The average molecular weight is 364 g/mol. The van der Waals surface area contributed by atoms with Gasteiger partial charge in [0.15, 0.2) is 0 Å². The maximum absolute atomic E-state index is 12.8. The van der Waals surface area contributed by atoms with E-state index in [1.165, 1.54) is 6.07 Å². The van der Waals surface area contributed by atoms with Crippen molar-refractivity contribution < 1.29 is 19.2 Å². The number of urea groups is 1. The van der Waals surface area contributed by atoms with E-state index in [1.54, 1.807) is 5.38 Å². The summed E-state index contributed by atoms with van der Waals surface area (Å²) in [6.45, 7) is 1.56. The monoisotopic (exact) mass is 364 g/mol. The Morgan fingerprint density at radius 2 is 2.20 bits per heavy atom. The van der Waals surface area contributed by atoms with Crippen LogP contribution in [0, 0.1) is 5.92 Å². The van der Waals surface area contributed by atoms with Gasteiger partial charge in [-0.2, -0.15) is 0 Å². The van der Waals surface area contributed by atoms with Crippen LogP contribution < -0.4 is 16.4 Å². The standard InChI is InChI=1S/C16H20N4O4S/c1-9-4-2-3-6-16(9)14(23)20(15(24)19-16)8-11(21)18-13-10(12(17)22)5-7-25-13/h5,7,9H,2-4,6,8H2,1H3,(H2,17,22)(H,18,21)(H,19,24)/t9-,16+/m0/s1. The summed E-state index contributed by atoms with van der Waals surface area (Å²) < 4.78 is 0. The molecule has 2 heterocycles. The lowest BCUT2D eigenvalue weighted by atomic mass is 9.73. The number of nitrogens with zero attached hydrogens (tertiary/aromatic N) is 1. The molecule has 1 saturated heterocycles. The van der Waals surface area contributed by atoms with Crippen LogP contribution in [0.4, 0.5) is 9.80 Å². The summed E-state index contributed by atoms with van der Waals surface area (Å²) in [6.07, 6.45) is 3.35. The van der Waals surface area contributed by atoms with Crippen molar-refractivity contribution in [2.24, 2.45) is 11.7 Å². The summed E-state index contributed by atoms with van der Waals surface area (Å²) in [5.41, 5.74) is 4.55. The molecule has 134 valence electrons. The molecular formula is C16H20N4O4S. The van der Waals surface area contributed by atoms with Crippen molar-refractivity contribution >= 4 is 40.1 Å². The number of thiophene rings is 1. The van der Waals surface area contributed by atoms with Crippen LogP contribution in [-0.2, 0) is 9.59 Å². The Morgan fingerprint density at radius 3 is 2.88 bits per heavy atom. The molecule has 5 amide bonds. The van der Waals surface area contributed by atoms with Gasteiger partial charge in [0.1, 0.15) is 17.1 Å². The number of imide groups is 1. The number of nitrogens with two attached hydrogens (primary N) is 1. The number of hydrogen-bond acceptors (Lipinski definition) is 5.